The van der Waals surface area contributed by atoms with Gasteiger partial charge in [0, 0.05) is 26.1 Å². The maximum atomic E-state index is 12.0. The van der Waals surface area contributed by atoms with E-state index < -0.39 is 5.97 Å². The number of carbonyl (C=O) groups excluding carboxylic acids is 1. The quantitative estimate of drug-likeness (QED) is 0.805. The number of hydrogen-bond donors (Lipinski definition) is 2. The van der Waals surface area contributed by atoms with Gasteiger partial charge in [-0.2, -0.15) is 0 Å². The van der Waals surface area contributed by atoms with E-state index in [9.17, 15) is 9.59 Å². The van der Waals surface area contributed by atoms with Crippen LogP contribution >= 0.6 is 0 Å². The fourth-order valence-electron chi connectivity index (χ4n) is 2.31. The summed E-state index contributed by atoms with van der Waals surface area (Å²) in [6, 6.07) is -0.00345. The van der Waals surface area contributed by atoms with Gasteiger partial charge in [0.05, 0.1) is 0 Å². The predicted molar refractivity (Wildman–Crippen MR) is 74.0 cm³/mol. The van der Waals surface area contributed by atoms with Crippen molar-refractivity contribution in [1.29, 1.82) is 0 Å². The number of carboxylic acid groups (broad SMARTS) is 1. The first-order valence-corrected chi connectivity index (χ1v) is 7.23. The monoisotopic (exact) mass is 270 g/mol. The topological polar surface area (TPSA) is 69.6 Å². The average molecular weight is 270 g/mol. The molecule has 0 aromatic rings. The number of likely N-dealkylation sites (tertiary alicyclic amines) is 1. The van der Waals surface area contributed by atoms with Gasteiger partial charge in [0.25, 0.3) is 0 Å². The van der Waals surface area contributed by atoms with Crippen LogP contribution in [0, 0.1) is 11.8 Å². The van der Waals surface area contributed by atoms with Crippen molar-refractivity contribution in [2.75, 3.05) is 19.6 Å². The predicted octanol–water partition coefficient (Wildman–Crippen LogP) is 2.32. The van der Waals surface area contributed by atoms with Crippen molar-refractivity contribution < 1.29 is 14.7 Å². The molecule has 0 aromatic carbocycles. The molecular weight excluding hydrogens is 244 g/mol. The van der Waals surface area contributed by atoms with Crippen molar-refractivity contribution in [3.63, 3.8) is 0 Å². The summed E-state index contributed by atoms with van der Waals surface area (Å²) < 4.78 is 0. The van der Waals surface area contributed by atoms with Gasteiger partial charge in [0.15, 0.2) is 0 Å². The fraction of sp³-hybridized carbons (Fsp3) is 0.857. The molecule has 5 nitrogen and oxygen atoms in total. The Bertz CT molecular complexity index is 307. The highest BCUT2D eigenvalue weighted by atomic mass is 16.4. The van der Waals surface area contributed by atoms with Crippen molar-refractivity contribution in [3.8, 4) is 0 Å². The second-order valence-corrected chi connectivity index (χ2v) is 5.75. The van der Waals surface area contributed by atoms with Crippen molar-refractivity contribution in [3.05, 3.63) is 0 Å². The SMILES string of the molecule is CC1CCCN(C(=O)NCC(C)CCC(=O)O)CC1. The number of nitrogens with one attached hydrogen (secondary N) is 1. The minimum atomic E-state index is -0.778. The van der Waals surface area contributed by atoms with Gasteiger partial charge >= 0.3 is 12.0 Å². The summed E-state index contributed by atoms with van der Waals surface area (Å²) in [4.78, 5) is 24.3. The van der Waals surface area contributed by atoms with E-state index in [1.807, 2.05) is 11.8 Å². The number of nitrogens with zero attached hydrogens (tertiary/aromatic N) is 1. The van der Waals surface area contributed by atoms with Crippen LogP contribution in [0.2, 0.25) is 0 Å². The Kier molecular flexibility index (Phi) is 6.67. The lowest BCUT2D eigenvalue weighted by molar-refractivity contribution is -0.137. The maximum absolute atomic E-state index is 12.0. The molecule has 2 amide bonds. The molecule has 5 heteroatoms. The van der Waals surface area contributed by atoms with Crippen molar-refractivity contribution in [1.82, 2.24) is 10.2 Å². The van der Waals surface area contributed by atoms with Crippen LogP contribution < -0.4 is 5.32 Å². The lowest BCUT2D eigenvalue weighted by atomic mass is 10.0. The van der Waals surface area contributed by atoms with Crippen LogP contribution in [0.3, 0.4) is 0 Å². The molecule has 0 saturated carbocycles. The molecule has 1 rings (SSSR count). The Morgan fingerprint density at radius 1 is 1.37 bits per heavy atom. The van der Waals surface area contributed by atoms with E-state index in [1.165, 1.54) is 6.42 Å². The molecule has 19 heavy (non-hydrogen) atoms. The Morgan fingerprint density at radius 2 is 2.11 bits per heavy atom. The van der Waals surface area contributed by atoms with Gasteiger partial charge in [0.1, 0.15) is 0 Å². The highest BCUT2D eigenvalue weighted by molar-refractivity contribution is 5.74. The number of aliphatic carboxylic acids is 1. The molecule has 2 N–H and O–H groups in total. The normalized spacial score (nSPS) is 21.6. The van der Waals surface area contributed by atoms with Crippen LogP contribution in [0.1, 0.15) is 46.0 Å². The molecule has 110 valence electrons. The molecule has 2 atom stereocenters. The van der Waals surface area contributed by atoms with E-state index in [2.05, 4.69) is 12.2 Å². The molecule has 2 unspecified atom stereocenters. The minimum Gasteiger partial charge on any atom is -0.481 e. The highest BCUT2D eigenvalue weighted by Crippen LogP contribution is 2.16. The van der Waals surface area contributed by atoms with Gasteiger partial charge in [-0.05, 0) is 37.5 Å². The molecule has 1 fully saturated rings. The molecule has 0 spiro atoms. The summed E-state index contributed by atoms with van der Waals surface area (Å²) in [5.74, 6) is 0.123. The summed E-state index contributed by atoms with van der Waals surface area (Å²) in [5, 5.41) is 11.5. The van der Waals surface area contributed by atoms with E-state index in [0.29, 0.717) is 18.9 Å². The zero-order chi connectivity index (χ0) is 14.3. The molecule has 0 radical (unpaired) electrons. The van der Waals surface area contributed by atoms with E-state index in [-0.39, 0.29) is 18.4 Å². The first-order valence-electron chi connectivity index (χ1n) is 7.23. The van der Waals surface area contributed by atoms with E-state index in [0.717, 1.165) is 25.9 Å². The molecule has 0 aliphatic carbocycles. The number of rotatable bonds is 5. The summed E-state index contributed by atoms with van der Waals surface area (Å²) in [6.07, 6.45) is 4.11. The Labute approximate surface area is 115 Å². The van der Waals surface area contributed by atoms with Gasteiger partial charge in [-0.25, -0.2) is 4.79 Å². The lowest BCUT2D eigenvalue weighted by Crippen LogP contribution is -2.42. The second kappa shape index (κ2) is 8.02. The van der Waals surface area contributed by atoms with E-state index in [1.54, 1.807) is 0 Å². The molecule has 1 heterocycles. The van der Waals surface area contributed by atoms with Crippen LogP contribution in [0.5, 0.6) is 0 Å². The van der Waals surface area contributed by atoms with Crippen molar-refractivity contribution >= 4 is 12.0 Å². The van der Waals surface area contributed by atoms with Crippen LogP contribution in [0.15, 0.2) is 0 Å². The third-order valence-corrected chi connectivity index (χ3v) is 3.76. The third kappa shape index (κ3) is 6.45. The molecule has 1 saturated heterocycles. The van der Waals surface area contributed by atoms with Crippen molar-refractivity contribution in [2.24, 2.45) is 11.8 Å². The summed E-state index contributed by atoms with van der Waals surface area (Å²) >= 11 is 0. The Hall–Kier alpha value is -1.26. The third-order valence-electron chi connectivity index (χ3n) is 3.76. The second-order valence-electron chi connectivity index (χ2n) is 5.75. The Balaban J connectivity index is 2.24. The zero-order valence-electron chi connectivity index (χ0n) is 12.0. The van der Waals surface area contributed by atoms with Gasteiger partial charge < -0.3 is 15.3 Å². The van der Waals surface area contributed by atoms with Gasteiger partial charge in [-0.1, -0.05) is 13.8 Å². The largest absolute Gasteiger partial charge is 0.481 e. The maximum Gasteiger partial charge on any atom is 0.317 e. The molecule has 0 bridgehead atoms. The summed E-state index contributed by atoms with van der Waals surface area (Å²) in [6.45, 7) is 6.41. The number of urea groups is 1. The van der Waals surface area contributed by atoms with Gasteiger partial charge in [-0.3, -0.25) is 4.79 Å². The molecule has 1 aliphatic heterocycles. The first kappa shape index (κ1) is 15.8. The molecule has 1 aliphatic rings. The van der Waals surface area contributed by atoms with Gasteiger partial charge in [-0.15, -0.1) is 0 Å². The Morgan fingerprint density at radius 3 is 2.79 bits per heavy atom. The number of amides is 2. The lowest BCUT2D eigenvalue weighted by Gasteiger charge is -2.22. The highest BCUT2D eigenvalue weighted by Gasteiger charge is 2.18. The van der Waals surface area contributed by atoms with Crippen LogP contribution in [0.4, 0.5) is 4.79 Å². The standard InChI is InChI=1S/C14H26N2O3/c1-11-4-3-8-16(9-7-11)14(19)15-10-12(2)5-6-13(17)18/h11-12H,3-10H2,1-2H3,(H,15,19)(H,17,18). The van der Waals surface area contributed by atoms with E-state index in [4.69, 9.17) is 5.11 Å². The summed E-state index contributed by atoms with van der Waals surface area (Å²) in [5.41, 5.74) is 0. The smallest absolute Gasteiger partial charge is 0.317 e. The number of hydrogen-bond acceptors (Lipinski definition) is 2. The van der Waals surface area contributed by atoms with Gasteiger partial charge in [0.2, 0.25) is 0 Å². The number of carboxylic acids is 1. The van der Waals surface area contributed by atoms with Crippen LogP contribution in [-0.2, 0) is 4.79 Å². The minimum absolute atomic E-state index is 0.00345. The fourth-order valence-corrected chi connectivity index (χ4v) is 2.31. The van der Waals surface area contributed by atoms with E-state index >= 15 is 0 Å². The molecular formula is C14H26N2O3. The van der Waals surface area contributed by atoms with Crippen LogP contribution in [-0.4, -0.2) is 41.6 Å². The first-order chi connectivity index (χ1) is 8.99. The average Bonchev–Trinajstić information content (AvgIpc) is 2.58. The van der Waals surface area contributed by atoms with Crippen LogP contribution in [0.25, 0.3) is 0 Å². The zero-order valence-corrected chi connectivity index (χ0v) is 12.0. The molecule has 0 aromatic heterocycles. The summed E-state index contributed by atoms with van der Waals surface area (Å²) in [7, 11) is 0. The van der Waals surface area contributed by atoms with Crippen molar-refractivity contribution in [2.45, 2.75) is 46.0 Å². The number of carbonyl (C=O) groups is 2.